The van der Waals surface area contributed by atoms with E-state index in [2.05, 4.69) is 11.5 Å². The predicted octanol–water partition coefficient (Wildman–Crippen LogP) is 2.62. The summed E-state index contributed by atoms with van der Waals surface area (Å²) in [5.74, 6) is -0.434. The number of ether oxygens (including phenoxy) is 1. The SMILES string of the molecule is COc1ccc2ccc(S(=O)(=O)N(NC(C)=O)[C@H]3CCN(Cc4cc(C#N)cs4)C3=O)cc2c1. The van der Waals surface area contributed by atoms with Crippen LogP contribution < -0.4 is 10.2 Å². The quantitative estimate of drug-likeness (QED) is 0.500. The van der Waals surface area contributed by atoms with Crippen molar-refractivity contribution in [1.82, 2.24) is 14.7 Å². The number of methoxy groups -OCH3 is 1. The van der Waals surface area contributed by atoms with Gasteiger partial charge in [0.2, 0.25) is 11.8 Å². The summed E-state index contributed by atoms with van der Waals surface area (Å²) in [6, 6.07) is 12.6. The third-order valence-electron chi connectivity index (χ3n) is 5.53. The van der Waals surface area contributed by atoms with Gasteiger partial charge >= 0.3 is 0 Å². The van der Waals surface area contributed by atoms with Gasteiger partial charge in [-0.15, -0.1) is 11.3 Å². The van der Waals surface area contributed by atoms with Gasteiger partial charge in [-0.2, -0.15) is 5.26 Å². The lowest BCUT2D eigenvalue weighted by molar-refractivity contribution is -0.133. The number of amides is 2. The van der Waals surface area contributed by atoms with Gasteiger partial charge in [-0.05, 0) is 47.5 Å². The van der Waals surface area contributed by atoms with Crippen LogP contribution in [0.2, 0.25) is 0 Å². The zero-order valence-electron chi connectivity index (χ0n) is 18.5. The van der Waals surface area contributed by atoms with Crippen LogP contribution in [0.4, 0.5) is 0 Å². The summed E-state index contributed by atoms with van der Waals surface area (Å²) in [7, 11) is -2.72. The van der Waals surface area contributed by atoms with E-state index < -0.39 is 27.9 Å². The molecule has 0 aliphatic carbocycles. The van der Waals surface area contributed by atoms with Gasteiger partial charge in [0.05, 0.1) is 24.1 Å². The number of hydrogen-bond donors (Lipinski definition) is 1. The number of nitrogens with zero attached hydrogens (tertiary/aromatic N) is 3. The third kappa shape index (κ3) is 4.61. The van der Waals surface area contributed by atoms with Gasteiger partial charge in [0, 0.05) is 23.7 Å². The van der Waals surface area contributed by atoms with Crippen LogP contribution in [-0.4, -0.2) is 49.2 Å². The molecule has 34 heavy (non-hydrogen) atoms. The molecule has 1 N–H and O–H groups in total. The van der Waals surface area contributed by atoms with Crippen LogP contribution in [0.1, 0.15) is 23.8 Å². The molecule has 1 saturated heterocycles. The van der Waals surface area contributed by atoms with Gasteiger partial charge in [-0.3, -0.25) is 15.0 Å². The Bertz CT molecular complexity index is 1410. The fourth-order valence-corrected chi connectivity index (χ4v) is 6.22. The number of rotatable bonds is 7. The van der Waals surface area contributed by atoms with Crippen molar-refractivity contribution in [2.45, 2.75) is 30.8 Å². The van der Waals surface area contributed by atoms with Gasteiger partial charge in [0.25, 0.3) is 10.0 Å². The van der Waals surface area contributed by atoms with E-state index in [1.165, 1.54) is 42.4 Å². The minimum atomic E-state index is -4.25. The smallest absolute Gasteiger partial charge is 0.260 e. The maximum Gasteiger partial charge on any atom is 0.260 e. The number of thiophene rings is 1. The van der Waals surface area contributed by atoms with Crippen molar-refractivity contribution in [3.05, 3.63) is 58.3 Å². The number of likely N-dealkylation sites (tertiary alicyclic amines) is 1. The summed E-state index contributed by atoms with van der Waals surface area (Å²) < 4.78 is 33.2. The lowest BCUT2D eigenvalue weighted by Crippen LogP contribution is -2.53. The van der Waals surface area contributed by atoms with Crippen molar-refractivity contribution in [2.75, 3.05) is 13.7 Å². The average Bonchev–Trinajstić information content (AvgIpc) is 3.43. The molecular weight excluding hydrogens is 476 g/mol. The molecule has 0 bridgehead atoms. The Hall–Kier alpha value is -3.46. The van der Waals surface area contributed by atoms with Crippen LogP contribution in [0.3, 0.4) is 0 Å². The van der Waals surface area contributed by atoms with Gasteiger partial charge in [-0.25, -0.2) is 8.42 Å². The van der Waals surface area contributed by atoms with E-state index in [9.17, 15) is 18.0 Å². The maximum atomic E-state index is 13.6. The molecule has 0 radical (unpaired) electrons. The molecule has 9 nitrogen and oxygen atoms in total. The molecule has 0 spiro atoms. The second-order valence-electron chi connectivity index (χ2n) is 7.82. The molecule has 2 amide bonds. The number of hydrogen-bond acceptors (Lipinski definition) is 7. The molecule has 4 rings (SSSR count). The lowest BCUT2D eigenvalue weighted by Gasteiger charge is -2.27. The largest absolute Gasteiger partial charge is 0.497 e. The first-order chi connectivity index (χ1) is 16.2. The molecule has 2 heterocycles. The summed E-state index contributed by atoms with van der Waals surface area (Å²) in [6.45, 7) is 1.79. The van der Waals surface area contributed by atoms with E-state index in [1.54, 1.807) is 29.6 Å². The maximum absolute atomic E-state index is 13.6. The fourth-order valence-electron chi connectivity index (χ4n) is 3.87. The Morgan fingerprint density at radius 3 is 2.71 bits per heavy atom. The summed E-state index contributed by atoms with van der Waals surface area (Å²) in [5, 5.41) is 12.2. The first-order valence-electron chi connectivity index (χ1n) is 10.4. The number of nitrogens with one attached hydrogen (secondary N) is 1. The highest BCUT2D eigenvalue weighted by atomic mass is 32.2. The number of fused-ring (bicyclic) bond motifs is 1. The summed E-state index contributed by atoms with van der Waals surface area (Å²) in [5.41, 5.74) is 2.87. The number of sulfonamides is 1. The summed E-state index contributed by atoms with van der Waals surface area (Å²) in [4.78, 5) is 27.4. The van der Waals surface area contributed by atoms with E-state index in [0.717, 1.165) is 14.7 Å². The number of nitriles is 1. The molecule has 0 unspecified atom stereocenters. The van der Waals surface area contributed by atoms with Crippen molar-refractivity contribution >= 4 is 43.9 Å². The highest BCUT2D eigenvalue weighted by Crippen LogP contribution is 2.29. The zero-order valence-corrected chi connectivity index (χ0v) is 20.1. The van der Waals surface area contributed by atoms with Crippen LogP contribution in [0.5, 0.6) is 5.75 Å². The second kappa shape index (κ2) is 9.42. The second-order valence-corrected chi connectivity index (χ2v) is 10.6. The zero-order chi connectivity index (χ0) is 24.5. The predicted molar refractivity (Wildman–Crippen MR) is 126 cm³/mol. The summed E-state index contributed by atoms with van der Waals surface area (Å²) in [6.07, 6.45) is 0.218. The molecule has 1 aliphatic heterocycles. The van der Waals surface area contributed by atoms with Gasteiger partial charge in [0.1, 0.15) is 17.9 Å². The number of hydrazine groups is 1. The average molecular weight is 499 g/mol. The Morgan fingerprint density at radius 2 is 2.03 bits per heavy atom. The van der Waals surface area contributed by atoms with Crippen LogP contribution in [0.25, 0.3) is 10.8 Å². The highest BCUT2D eigenvalue weighted by molar-refractivity contribution is 7.89. The van der Waals surface area contributed by atoms with Crippen LogP contribution in [0.15, 0.2) is 52.7 Å². The Balaban J connectivity index is 1.64. The normalized spacial score (nSPS) is 16.1. The molecule has 1 aromatic heterocycles. The minimum absolute atomic E-state index is 0.0508. The number of carbonyl (C=O) groups is 2. The monoisotopic (exact) mass is 498 g/mol. The highest BCUT2D eigenvalue weighted by Gasteiger charge is 2.43. The molecule has 0 saturated carbocycles. The fraction of sp³-hybridized carbons (Fsp3) is 0.261. The van der Waals surface area contributed by atoms with Crippen molar-refractivity contribution < 1.29 is 22.7 Å². The van der Waals surface area contributed by atoms with E-state index in [4.69, 9.17) is 10.00 Å². The van der Waals surface area contributed by atoms with E-state index >= 15 is 0 Å². The molecule has 1 atom stereocenters. The Labute approximate surface area is 201 Å². The molecular formula is C23H22N4O5S2. The van der Waals surface area contributed by atoms with Crippen molar-refractivity contribution in [2.24, 2.45) is 0 Å². The molecule has 1 fully saturated rings. The van der Waals surface area contributed by atoms with Gasteiger partial charge < -0.3 is 9.64 Å². The first-order valence-corrected chi connectivity index (χ1v) is 12.7. The van der Waals surface area contributed by atoms with E-state index in [0.29, 0.717) is 23.2 Å². The van der Waals surface area contributed by atoms with Gasteiger partial charge in [0.15, 0.2) is 0 Å². The topological polar surface area (TPSA) is 120 Å². The van der Waals surface area contributed by atoms with E-state index in [1.807, 2.05) is 6.07 Å². The van der Waals surface area contributed by atoms with Gasteiger partial charge in [-0.1, -0.05) is 16.5 Å². The van der Waals surface area contributed by atoms with Crippen molar-refractivity contribution in [3.63, 3.8) is 0 Å². The standard InChI is InChI=1S/C23H22N4O5S2/c1-15(28)25-27(22-7-8-26(23(22)29)13-20-9-16(12-24)14-33-20)34(30,31)21-6-4-17-3-5-19(32-2)10-18(17)11-21/h3-6,9-11,14,22H,7-8,13H2,1-2H3,(H,25,28)/t22-/m0/s1. The van der Waals surface area contributed by atoms with Crippen LogP contribution >= 0.6 is 11.3 Å². The molecule has 11 heteroatoms. The number of benzene rings is 2. The molecule has 1 aliphatic rings. The first kappa shape index (κ1) is 23.7. The van der Waals surface area contributed by atoms with E-state index in [-0.39, 0.29) is 17.9 Å². The molecule has 2 aromatic carbocycles. The third-order valence-corrected chi connectivity index (χ3v) is 8.16. The molecule has 176 valence electrons. The Morgan fingerprint density at radius 1 is 1.26 bits per heavy atom. The minimum Gasteiger partial charge on any atom is -0.497 e. The lowest BCUT2D eigenvalue weighted by atomic mass is 10.1. The Kier molecular flexibility index (Phi) is 6.56. The van der Waals surface area contributed by atoms with Crippen LogP contribution in [0, 0.1) is 11.3 Å². The van der Waals surface area contributed by atoms with Crippen molar-refractivity contribution in [1.29, 1.82) is 5.26 Å². The van der Waals surface area contributed by atoms with Crippen LogP contribution in [-0.2, 0) is 26.2 Å². The molecule has 3 aromatic rings. The summed E-state index contributed by atoms with van der Waals surface area (Å²) >= 11 is 1.36. The van der Waals surface area contributed by atoms with Crippen molar-refractivity contribution in [3.8, 4) is 11.8 Å². The number of carbonyl (C=O) groups excluding carboxylic acids is 2.